The maximum Gasteiger partial charge on any atom is 0.225 e. The minimum Gasteiger partial charge on any atom is -0.378 e. The normalized spacial score (nSPS) is 30.4. The van der Waals surface area contributed by atoms with Crippen LogP contribution in [0.1, 0.15) is 25.7 Å². The van der Waals surface area contributed by atoms with Crippen molar-refractivity contribution in [3.63, 3.8) is 0 Å². The Morgan fingerprint density at radius 2 is 2.22 bits per heavy atom. The van der Waals surface area contributed by atoms with Gasteiger partial charge in [-0.3, -0.25) is 4.79 Å². The summed E-state index contributed by atoms with van der Waals surface area (Å²) in [4.78, 5) is 16.5. The molecule has 0 saturated carbocycles. The van der Waals surface area contributed by atoms with E-state index in [0.717, 1.165) is 39.1 Å². The van der Waals surface area contributed by atoms with E-state index in [2.05, 4.69) is 11.9 Å². The predicted molar refractivity (Wildman–Crippen MR) is 70.3 cm³/mol. The van der Waals surface area contributed by atoms with E-state index in [0.29, 0.717) is 13.0 Å². The number of hydrogen-bond acceptors (Lipinski definition) is 4. The summed E-state index contributed by atoms with van der Waals surface area (Å²) in [6.45, 7) is 3.97. The van der Waals surface area contributed by atoms with Crippen LogP contribution >= 0.6 is 0 Å². The third kappa shape index (κ3) is 3.43. The number of likely N-dealkylation sites (N-methyl/N-ethyl adjacent to an activating group) is 1. The summed E-state index contributed by atoms with van der Waals surface area (Å²) in [5, 5.41) is 0. The molecule has 2 fully saturated rings. The van der Waals surface area contributed by atoms with E-state index in [1.165, 1.54) is 6.42 Å². The van der Waals surface area contributed by atoms with Crippen LogP contribution in [0.25, 0.3) is 0 Å². The van der Waals surface area contributed by atoms with Crippen LogP contribution in [0.3, 0.4) is 0 Å². The Morgan fingerprint density at radius 1 is 1.39 bits per heavy atom. The van der Waals surface area contributed by atoms with Crippen molar-refractivity contribution < 1.29 is 9.53 Å². The van der Waals surface area contributed by atoms with Gasteiger partial charge in [-0.05, 0) is 26.3 Å². The summed E-state index contributed by atoms with van der Waals surface area (Å²) in [7, 11) is 2.08. The third-order valence-corrected chi connectivity index (χ3v) is 3.95. The van der Waals surface area contributed by atoms with Crippen LogP contribution < -0.4 is 5.73 Å². The summed E-state index contributed by atoms with van der Waals surface area (Å²) in [5.74, 6) is 0.213. The quantitative estimate of drug-likeness (QED) is 0.774. The fourth-order valence-corrected chi connectivity index (χ4v) is 2.82. The highest BCUT2D eigenvalue weighted by molar-refractivity contribution is 5.77. The molecular weight excluding hydrogens is 230 g/mol. The fourth-order valence-electron chi connectivity index (χ4n) is 2.82. The highest BCUT2D eigenvalue weighted by Crippen LogP contribution is 2.18. The molecule has 0 aromatic rings. The average Bonchev–Trinajstić information content (AvgIpc) is 2.39. The van der Waals surface area contributed by atoms with Crippen LogP contribution in [0.5, 0.6) is 0 Å². The first-order valence-corrected chi connectivity index (χ1v) is 7.00. The Bertz CT molecular complexity index is 279. The van der Waals surface area contributed by atoms with Crippen molar-refractivity contribution in [2.24, 2.45) is 5.73 Å². The molecule has 0 aromatic carbocycles. The van der Waals surface area contributed by atoms with Gasteiger partial charge in [0.15, 0.2) is 0 Å². The minimum absolute atomic E-state index is 0.129. The van der Waals surface area contributed by atoms with Gasteiger partial charge in [-0.2, -0.15) is 0 Å². The van der Waals surface area contributed by atoms with Crippen LogP contribution in [-0.2, 0) is 9.53 Å². The lowest BCUT2D eigenvalue weighted by Gasteiger charge is -2.40. The number of piperazine rings is 1. The van der Waals surface area contributed by atoms with Crippen LogP contribution in [0.2, 0.25) is 0 Å². The number of hydrogen-bond donors (Lipinski definition) is 1. The molecule has 2 rings (SSSR count). The maximum atomic E-state index is 12.3. The van der Waals surface area contributed by atoms with Crippen LogP contribution in [0.15, 0.2) is 0 Å². The summed E-state index contributed by atoms with van der Waals surface area (Å²) >= 11 is 0. The van der Waals surface area contributed by atoms with Gasteiger partial charge in [0.1, 0.15) is 0 Å². The van der Waals surface area contributed by atoms with E-state index < -0.39 is 0 Å². The first-order chi connectivity index (χ1) is 8.70. The molecule has 2 N–H and O–H groups in total. The fraction of sp³-hybridized carbons (Fsp3) is 0.923. The van der Waals surface area contributed by atoms with Gasteiger partial charge in [0.25, 0.3) is 0 Å². The van der Waals surface area contributed by atoms with Crippen molar-refractivity contribution in [1.29, 1.82) is 0 Å². The van der Waals surface area contributed by atoms with Gasteiger partial charge < -0.3 is 20.3 Å². The number of carbonyl (C=O) groups excluding carboxylic acids is 1. The summed E-state index contributed by atoms with van der Waals surface area (Å²) in [6, 6.07) is 0.167. The van der Waals surface area contributed by atoms with Gasteiger partial charge in [0, 0.05) is 32.8 Å². The van der Waals surface area contributed by atoms with E-state index in [-0.39, 0.29) is 18.1 Å². The van der Waals surface area contributed by atoms with Crippen molar-refractivity contribution in [2.45, 2.75) is 37.8 Å². The Morgan fingerprint density at radius 3 is 2.89 bits per heavy atom. The number of nitrogens with zero attached hydrogens (tertiary/aromatic N) is 2. The lowest BCUT2D eigenvalue weighted by molar-refractivity contribution is -0.139. The van der Waals surface area contributed by atoms with Gasteiger partial charge in [0.05, 0.1) is 18.6 Å². The second kappa shape index (κ2) is 6.50. The summed E-state index contributed by atoms with van der Waals surface area (Å²) in [5.41, 5.74) is 5.78. The molecule has 0 aromatic heterocycles. The second-order valence-electron chi connectivity index (χ2n) is 5.43. The molecule has 0 bridgehead atoms. The average molecular weight is 255 g/mol. The van der Waals surface area contributed by atoms with Crippen molar-refractivity contribution in [3.8, 4) is 0 Å². The highest BCUT2D eigenvalue weighted by Gasteiger charge is 2.29. The van der Waals surface area contributed by atoms with Crippen molar-refractivity contribution >= 4 is 5.91 Å². The number of ether oxygens (including phenoxy) is 1. The highest BCUT2D eigenvalue weighted by atomic mass is 16.5. The van der Waals surface area contributed by atoms with Crippen LogP contribution in [-0.4, -0.2) is 67.7 Å². The molecule has 2 aliphatic rings. The van der Waals surface area contributed by atoms with Crippen molar-refractivity contribution in [1.82, 2.24) is 9.80 Å². The van der Waals surface area contributed by atoms with Gasteiger partial charge >= 0.3 is 0 Å². The molecular formula is C13H25N3O2. The zero-order valence-electron chi connectivity index (χ0n) is 11.3. The molecule has 0 radical (unpaired) electrons. The van der Waals surface area contributed by atoms with Crippen LogP contribution in [0.4, 0.5) is 0 Å². The number of rotatable bonds is 3. The second-order valence-corrected chi connectivity index (χ2v) is 5.43. The summed E-state index contributed by atoms with van der Waals surface area (Å²) < 4.78 is 5.64. The standard InChI is InChI=1S/C13H25N3O2/c1-15-5-6-16(11(9-14)10-15)13(17)8-12-4-2-3-7-18-12/h11-12H,2-10,14H2,1H3. The van der Waals surface area contributed by atoms with Gasteiger partial charge in [-0.25, -0.2) is 0 Å². The van der Waals surface area contributed by atoms with Crippen molar-refractivity contribution in [2.75, 3.05) is 39.8 Å². The molecule has 104 valence electrons. The molecule has 0 aliphatic carbocycles. The van der Waals surface area contributed by atoms with E-state index in [4.69, 9.17) is 10.5 Å². The largest absolute Gasteiger partial charge is 0.378 e. The molecule has 18 heavy (non-hydrogen) atoms. The maximum absolute atomic E-state index is 12.3. The molecule has 2 aliphatic heterocycles. The van der Waals surface area contributed by atoms with E-state index in [9.17, 15) is 4.79 Å². The lowest BCUT2D eigenvalue weighted by Crippen LogP contribution is -2.57. The first kappa shape index (κ1) is 13.8. The van der Waals surface area contributed by atoms with Gasteiger partial charge in [-0.1, -0.05) is 0 Å². The molecule has 2 saturated heterocycles. The van der Waals surface area contributed by atoms with Crippen LogP contribution in [0, 0.1) is 0 Å². The molecule has 2 atom stereocenters. The molecule has 2 unspecified atom stereocenters. The lowest BCUT2D eigenvalue weighted by atomic mass is 10.0. The minimum atomic E-state index is 0.129. The van der Waals surface area contributed by atoms with E-state index >= 15 is 0 Å². The molecule has 5 heteroatoms. The monoisotopic (exact) mass is 255 g/mol. The topological polar surface area (TPSA) is 58.8 Å². The zero-order valence-corrected chi connectivity index (χ0v) is 11.3. The molecule has 1 amide bonds. The smallest absolute Gasteiger partial charge is 0.225 e. The van der Waals surface area contributed by atoms with Gasteiger partial charge in [0.2, 0.25) is 5.91 Å². The molecule has 2 heterocycles. The number of amides is 1. The summed E-state index contributed by atoms with van der Waals surface area (Å²) in [6.07, 6.45) is 3.99. The Hall–Kier alpha value is -0.650. The molecule has 5 nitrogen and oxygen atoms in total. The Labute approximate surface area is 109 Å². The van der Waals surface area contributed by atoms with E-state index in [1.807, 2.05) is 4.90 Å². The number of nitrogens with two attached hydrogens (primary N) is 1. The van der Waals surface area contributed by atoms with Gasteiger partial charge in [-0.15, -0.1) is 0 Å². The first-order valence-electron chi connectivity index (χ1n) is 7.00. The Balaban J connectivity index is 1.86. The Kier molecular flexibility index (Phi) is 4.97. The SMILES string of the molecule is CN1CCN(C(=O)CC2CCCCO2)C(CN)C1. The van der Waals surface area contributed by atoms with E-state index in [1.54, 1.807) is 0 Å². The van der Waals surface area contributed by atoms with Crippen molar-refractivity contribution in [3.05, 3.63) is 0 Å². The third-order valence-electron chi connectivity index (χ3n) is 3.95. The zero-order chi connectivity index (χ0) is 13.0. The number of carbonyl (C=O) groups is 1. The predicted octanol–water partition coefficient (Wildman–Crippen LogP) is 0.0469. The molecule has 0 spiro atoms.